The van der Waals surface area contributed by atoms with E-state index in [1.54, 1.807) is 0 Å². The van der Waals surface area contributed by atoms with Crippen molar-refractivity contribution in [2.45, 2.75) is 19.8 Å². The Morgan fingerprint density at radius 2 is 2.08 bits per heavy atom. The van der Waals surface area contributed by atoms with E-state index >= 15 is 0 Å². The molecule has 2 nitrogen and oxygen atoms in total. The van der Waals surface area contributed by atoms with E-state index in [9.17, 15) is 0 Å². The second kappa shape index (κ2) is 2.87. The number of para-hydroxylation sites is 1. The minimum Gasteiger partial charge on any atom is -0.243 e. The van der Waals surface area contributed by atoms with Crippen molar-refractivity contribution in [2.75, 3.05) is 0 Å². The topological polar surface area (TPSA) is 19.7 Å². The summed E-state index contributed by atoms with van der Waals surface area (Å²) in [5, 5.41) is 0. The second-order valence-corrected chi connectivity index (χ2v) is 3.78. The summed E-state index contributed by atoms with van der Waals surface area (Å²) < 4.78 is 2.14. The van der Waals surface area contributed by atoms with Crippen LogP contribution in [0.2, 0.25) is 0 Å². The van der Waals surface area contributed by atoms with Crippen molar-refractivity contribution in [1.82, 2.24) is 4.98 Å². The van der Waals surface area contributed by atoms with Crippen LogP contribution in [0.5, 0.6) is 0 Å². The predicted molar refractivity (Wildman–Crippen MR) is 53.6 cm³/mol. The number of nitrogens with zero attached hydrogens (tertiary/aromatic N) is 1. The van der Waals surface area contributed by atoms with Gasteiger partial charge in [0.05, 0.1) is 7.05 Å². The Bertz CT molecular complexity index is 427. The van der Waals surface area contributed by atoms with Crippen LogP contribution in [0, 0.1) is 0 Å². The number of hydrogen-bond donors (Lipinski definition) is 1. The fourth-order valence-corrected chi connectivity index (χ4v) is 1.77. The van der Waals surface area contributed by atoms with E-state index in [1.165, 1.54) is 16.6 Å². The standard InChI is InChI=1S/C11H14N2/c1-8(2)9-5-4-6-10-11(9)13(3)7-12-10/h4-8H,1-3H3/p+1. The molecule has 1 heterocycles. The lowest BCUT2D eigenvalue weighted by Crippen LogP contribution is -2.26. The predicted octanol–water partition coefficient (Wildman–Crippen LogP) is 2.12. The fraction of sp³-hybridized carbons (Fsp3) is 0.364. The lowest BCUT2D eigenvalue weighted by Gasteiger charge is -2.04. The van der Waals surface area contributed by atoms with Gasteiger partial charge in [0.2, 0.25) is 6.33 Å². The number of hydrogen-bond acceptors (Lipinski definition) is 0. The molecule has 1 N–H and O–H groups in total. The minimum atomic E-state index is 0.575. The molecule has 0 saturated heterocycles. The molecule has 68 valence electrons. The van der Waals surface area contributed by atoms with Crippen LogP contribution >= 0.6 is 0 Å². The molecule has 0 unspecified atom stereocenters. The van der Waals surface area contributed by atoms with Gasteiger partial charge in [-0.05, 0) is 12.0 Å². The molecule has 2 rings (SSSR count). The van der Waals surface area contributed by atoms with Crippen LogP contribution in [0.1, 0.15) is 25.3 Å². The summed E-state index contributed by atoms with van der Waals surface area (Å²) in [6.45, 7) is 4.45. The lowest BCUT2D eigenvalue weighted by atomic mass is 10.0. The van der Waals surface area contributed by atoms with Gasteiger partial charge in [0.15, 0.2) is 11.0 Å². The van der Waals surface area contributed by atoms with Gasteiger partial charge in [-0.1, -0.05) is 26.0 Å². The number of fused-ring (bicyclic) bond motifs is 1. The third kappa shape index (κ3) is 1.22. The molecular formula is C11H15N2+. The Kier molecular flexibility index (Phi) is 1.83. The average Bonchev–Trinajstić information content (AvgIpc) is 2.48. The normalized spacial score (nSPS) is 11.4. The van der Waals surface area contributed by atoms with E-state index in [0.717, 1.165) is 0 Å². The Hall–Kier alpha value is -1.31. The van der Waals surface area contributed by atoms with Gasteiger partial charge in [0.1, 0.15) is 0 Å². The number of aryl methyl sites for hydroxylation is 1. The molecule has 2 heteroatoms. The molecule has 1 aromatic heterocycles. The van der Waals surface area contributed by atoms with E-state index in [4.69, 9.17) is 0 Å². The number of aromatic amines is 1. The van der Waals surface area contributed by atoms with Crippen LogP contribution in [0.3, 0.4) is 0 Å². The first-order valence-corrected chi connectivity index (χ1v) is 4.66. The van der Waals surface area contributed by atoms with Gasteiger partial charge in [0, 0.05) is 5.56 Å². The summed E-state index contributed by atoms with van der Waals surface area (Å²) in [6, 6.07) is 6.41. The van der Waals surface area contributed by atoms with Crippen LogP contribution < -0.4 is 4.57 Å². The molecule has 13 heavy (non-hydrogen) atoms. The largest absolute Gasteiger partial charge is 0.243 e. The second-order valence-electron chi connectivity index (χ2n) is 3.78. The molecule has 0 amide bonds. The highest BCUT2D eigenvalue weighted by atomic mass is 15.0. The van der Waals surface area contributed by atoms with Gasteiger partial charge < -0.3 is 0 Å². The summed E-state index contributed by atoms with van der Waals surface area (Å²) >= 11 is 0. The SMILES string of the molecule is CC(C)c1cccc2[nH]c[n+](C)c12. The van der Waals surface area contributed by atoms with Gasteiger partial charge in [-0.2, -0.15) is 0 Å². The Morgan fingerprint density at radius 1 is 1.31 bits per heavy atom. The highest BCUT2D eigenvalue weighted by Gasteiger charge is 2.12. The molecule has 0 saturated carbocycles. The molecular weight excluding hydrogens is 160 g/mol. The zero-order valence-corrected chi connectivity index (χ0v) is 8.33. The molecule has 2 aromatic rings. The molecule has 0 spiro atoms. The number of nitrogens with one attached hydrogen (secondary N) is 1. The maximum absolute atomic E-state index is 3.25. The number of H-pyrrole nitrogens is 1. The highest BCUT2D eigenvalue weighted by molar-refractivity contribution is 5.75. The summed E-state index contributed by atoms with van der Waals surface area (Å²) in [5.41, 5.74) is 3.94. The van der Waals surface area contributed by atoms with Gasteiger partial charge in [0.25, 0.3) is 0 Å². The number of imidazole rings is 1. The molecule has 1 aromatic carbocycles. The maximum Gasteiger partial charge on any atom is 0.242 e. The first kappa shape index (κ1) is 8.30. The zero-order valence-electron chi connectivity index (χ0n) is 8.33. The number of benzene rings is 1. The van der Waals surface area contributed by atoms with Crippen LogP contribution in [-0.4, -0.2) is 4.98 Å². The Labute approximate surface area is 78.2 Å². The van der Waals surface area contributed by atoms with Gasteiger partial charge >= 0.3 is 0 Å². The monoisotopic (exact) mass is 175 g/mol. The quantitative estimate of drug-likeness (QED) is 0.640. The molecule has 0 fully saturated rings. The smallest absolute Gasteiger partial charge is 0.242 e. The van der Waals surface area contributed by atoms with E-state index in [-0.39, 0.29) is 0 Å². The van der Waals surface area contributed by atoms with Crippen molar-refractivity contribution in [2.24, 2.45) is 7.05 Å². The number of rotatable bonds is 1. The molecule has 0 bridgehead atoms. The van der Waals surface area contributed by atoms with Gasteiger partial charge in [-0.25, -0.2) is 9.55 Å². The lowest BCUT2D eigenvalue weighted by molar-refractivity contribution is -0.645. The van der Waals surface area contributed by atoms with E-state index in [1.807, 2.05) is 6.33 Å². The van der Waals surface area contributed by atoms with E-state index < -0.39 is 0 Å². The summed E-state index contributed by atoms with van der Waals surface area (Å²) in [7, 11) is 2.07. The summed E-state index contributed by atoms with van der Waals surface area (Å²) in [5.74, 6) is 0.575. The maximum atomic E-state index is 3.25. The van der Waals surface area contributed by atoms with Crippen molar-refractivity contribution >= 4 is 11.0 Å². The van der Waals surface area contributed by atoms with Crippen LogP contribution in [-0.2, 0) is 7.05 Å². The molecule has 0 atom stereocenters. The third-order valence-corrected chi connectivity index (χ3v) is 2.46. The minimum absolute atomic E-state index is 0.575. The van der Waals surface area contributed by atoms with Crippen LogP contribution in [0.4, 0.5) is 0 Å². The van der Waals surface area contributed by atoms with Crippen molar-refractivity contribution in [3.8, 4) is 0 Å². The number of aromatic nitrogens is 2. The Morgan fingerprint density at radius 3 is 2.77 bits per heavy atom. The van der Waals surface area contributed by atoms with E-state index in [0.29, 0.717) is 5.92 Å². The molecule has 0 aliphatic carbocycles. The van der Waals surface area contributed by atoms with Gasteiger partial charge in [-0.15, -0.1) is 0 Å². The highest BCUT2D eigenvalue weighted by Crippen LogP contribution is 2.20. The molecule has 0 aliphatic rings. The van der Waals surface area contributed by atoms with Crippen LogP contribution in [0.15, 0.2) is 24.5 Å². The van der Waals surface area contributed by atoms with Crippen molar-refractivity contribution in [3.63, 3.8) is 0 Å². The molecule has 0 radical (unpaired) electrons. The zero-order chi connectivity index (χ0) is 9.42. The van der Waals surface area contributed by atoms with Crippen molar-refractivity contribution < 1.29 is 4.57 Å². The average molecular weight is 175 g/mol. The first-order valence-electron chi connectivity index (χ1n) is 4.66. The molecule has 0 aliphatic heterocycles. The van der Waals surface area contributed by atoms with Crippen LogP contribution in [0.25, 0.3) is 11.0 Å². The fourth-order valence-electron chi connectivity index (χ4n) is 1.77. The summed E-state index contributed by atoms with van der Waals surface area (Å²) in [4.78, 5) is 3.25. The first-order chi connectivity index (χ1) is 6.20. The van der Waals surface area contributed by atoms with Crippen molar-refractivity contribution in [1.29, 1.82) is 0 Å². The third-order valence-electron chi connectivity index (χ3n) is 2.46. The van der Waals surface area contributed by atoms with Crippen molar-refractivity contribution in [3.05, 3.63) is 30.1 Å². The van der Waals surface area contributed by atoms with E-state index in [2.05, 4.69) is 48.6 Å². The summed E-state index contributed by atoms with van der Waals surface area (Å²) in [6.07, 6.45) is 2.00. The Balaban J connectivity index is 2.80. The van der Waals surface area contributed by atoms with Gasteiger partial charge in [-0.3, -0.25) is 0 Å².